The molecular formula is C21H23F2N3O2. The highest BCUT2D eigenvalue weighted by Crippen LogP contribution is 2.34. The van der Waals surface area contributed by atoms with Gasteiger partial charge < -0.3 is 14.4 Å². The predicted octanol–water partition coefficient (Wildman–Crippen LogP) is 5.03. The molecule has 1 aliphatic heterocycles. The van der Waals surface area contributed by atoms with E-state index < -0.39 is 18.4 Å². The lowest BCUT2D eigenvalue weighted by Crippen LogP contribution is -2.37. The molecular weight excluding hydrogens is 364 g/mol. The lowest BCUT2D eigenvalue weighted by atomic mass is 10.0. The Bertz CT molecular complexity index is 917. The topological polar surface area (TPSA) is 62.4 Å². The van der Waals surface area contributed by atoms with Crippen LogP contribution in [0.25, 0.3) is 10.9 Å². The predicted molar refractivity (Wildman–Crippen MR) is 102 cm³/mol. The van der Waals surface area contributed by atoms with E-state index in [0.29, 0.717) is 30.1 Å². The Morgan fingerprint density at radius 2 is 1.96 bits per heavy atom. The van der Waals surface area contributed by atoms with Crippen molar-refractivity contribution in [1.82, 2.24) is 9.97 Å². The van der Waals surface area contributed by atoms with Crippen molar-refractivity contribution in [1.29, 1.82) is 0 Å². The minimum absolute atomic E-state index is 0.0218. The molecule has 3 heterocycles. The van der Waals surface area contributed by atoms with Crippen LogP contribution in [0.5, 0.6) is 0 Å². The molecule has 28 heavy (non-hydrogen) atoms. The number of halogens is 2. The van der Waals surface area contributed by atoms with Gasteiger partial charge in [-0.25, -0.2) is 18.7 Å². The van der Waals surface area contributed by atoms with Gasteiger partial charge in [-0.3, -0.25) is 0 Å². The first kappa shape index (κ1) is 18.8. The summed E-state index contributed by atoms with van der Waals surface area (Å²) in [5.74, 6) is 0.590. The van der Waals surface area contributed by atoms with Gasteiger partial charge in [-0.2, -0.15) is 0 Å². The van der Waals surface area contributed by atoms with Crippen LogP contribution in [0.4, 0.5) is 14.6 Å². The summed E-state index contributed by atoms with van der Waals surface area (Å²) in [6, 6.07) is 10.7. The zero-order valence-corrected chi connectivity index (χ0v) is 15.5. The van der Waals surface area contributed by atoms with E-state index in [1.165, 1.54) is 6.26 Å². The smallest absolute Gasteiger partial charge is 0.297 e. The van der Waals surface area contributed by atoms with Crippen LogP contribution in [-0.2, 0) is 0 Å². The van der Waals surface area contributed by atoms with Gasteiger partial charge in [0, 0.05) is 24.4 Å². The highest BCUT2D eigenvalue weighted by Gasteiger charge is 2.28. The van der Waals surface area contributed by atoms with Crippen LogP contribution in [0.2, 0.25) is 0 Å². The molecule has 2 unspecified atom stereocenters. The number of furan rings is 1. The first-order valence-electron chi connectivity index (χ1n) is 9.66. The van der Waals surface area contributed by atoms with E-state index in [0.717, 1.165) is 31.1 Å². The Kier molecular flexibility index (Phi) is 5.52. The highest BCUT2D eigenvalue weighted by molar-refractivity contribution is 5.89. The Hall–Kier alpha value is -2.54. The molecule has 0 spiro atoms. The van der Waals surface area contributed by atoms with Crippen LogP contribution in [-0.4, -0.2) is 27.7 Å². The number of aliphatic hydroxyl groups excluding tert-OH is 1. The number of anilines is 1. The maximum absolute atomic E-state index is 13.4. The summed E-state index contributed by atoms with van der Waals surface area (Å²) >= 11 is 0. The molecule has 2 atom stereocenters. The van der Waals surface area contributed by atoms with Crippen LogP contribution in [0.3, 0.4) is 0 Å². The summed E-state index contributed by atoms with van der Waals surface area (Å²) in [5, 5.41) is 11.4. The molecule has 0 radical (unpaired) electrons. The van der Waals surface area contributed by atoms with Crippen LogP contribution in [0.1, 0.15) is 56.2 Å². The molecule has 148 valence electrons. The molecule has 7 heteroatoms. The Balaban J connectivity index is 1.73. The molecule has 0 bridgehead atoms. The molecule has 2 aromatic heterocycles. The minimum atomic E-state index is -2.73. The number of rotatable bonds is 5. The van der Waals surface area contributed by atoms with Crippen LogP contribution in [0.15, 0.2) is 47.1 Å². The summed E-state index contributed by atoms with van der Waals surface area (Å²) in [7, 11) is 0. The summed E-state index contributed by atoms with van der Waals surface area (Å²) in [6.07, 6.45) is 2.42. The van der Waals surface area contributed by atoms with E-state index in [1.54, 1.807) is 24.3 Å². The summed E-state index contributed by atoms with van der Waals surface area (Å²) in [4.78, 5) is 10.4. The largest absolute Gasteiger partial charge is 0.467 e. The molecule has 5 nitrogen and oxygen atoms in total. The molecule has 3 aromatic rings. The van der Waals surface area contributed by atoms with Gasteiger partial charge in [-0.05, 0) is 37.1 Å². The maximum atomic E-state index is 13.4. The molecule has 0 amide bonds. The van der Waals surface area contributed by atoms with Gasteiger partial charge >= 0.3 is 0 Å². The Labute approximate surface area is 162 Å². The van der Waals surface area contributed by atoms with Gasteiger partial charge in [0.15, 0.2) is 5.82 Å². The van der Waals surface area contributed by atoms with Crippen LogP contribution in [0, 0.1) is 0 Å². The van der Waals surface area contributed by atoms with Crippen molar-refractivity contribution in [2.24, 2.45) is 0 Å². The molecule has 1 saturated heterocycles. The fraction of sp³-hybridized carbons (Fsp3) is 0.429. The van der Waals surface area contributed by atoms with Crippen molar-refractivity contribution >= 4 is 16.7 Å². The SMILES string of the molecule is OC(CC1CCCCCN1c1nc(C(F)F)nc2ccccc12)c1ccco1. The van der Waals surface area contributed by atoms with Crippen molar-refractivity contribution in [2.75, 3.05) is 11.4 Å². The van der Waals surface area contributed by atoms with Gasteiger partial charge in [-0.15, -0.1) is 0 Å². The van der Waals surface area contributed by atoms with Gasteiger partial charge in [0.1, 0.15) is 17.7 Å². The second kappa shape index (κ2) is 8.22. The summed E-state index contributed by atoms with van der Waals surface area (Å²) in [6.45, 7) is 0.708. The zero-order valence-electron chi connectivity index (χ0n) is 15.5. The number of fused-ring (bicyclic) bond motifs is 1. The van der Waals surface area contributed by atoms with Crippen LogP contribution >= 0.6 is 0 Å². The summed E-state index contributed by atoms with van der Waals surface area (Å²) < 4.78 is 32.2. The fourth-order valence-electron chi connectivity index (χ4n) is 3.95. The van der Waals surface area contributed by atoms with E-state index in [2.05, 4.69) is 14.9 Å². The van der Waals surface area contributed by atoms with Crippen molar-refractivity contribution in [2.45, 2.75) is 50.7 Å². The molecule has 1 fully saturated rings. The van der Waals surface area contributed by atoms with Crippen molar-refractivity contribution in [3.05, 3.63) is 54.2 Å². The quantitative estimate of drug-likeness (QED) is 0.665. The van der Waals surface area contributed by atoms with Crippen LogP contribution < -0.4 is 4.90 Å². The van der Waals surface area contributed by atoms with Crippen molar-refractivity contribution in [3.63, 3.8) is 0 Å². The van der Waals surface area contributed by atoms with Gasteiger partial charge in [0.05, 0.1) is 11.8 Å². The zero-order chi connectivity index (χ0) is 19.5. The molecule has 1 N–H and O–H groups in total. The van der Waals surface area contributed by atoms with Crippen molar-refractivity contribution in [3.8, 4) is 0 Å². The maximum Gasteiger partial charge on any atom is 0.297 e. The highest BCUT2D eigenvalue weighted by atomic mass is 19.3. The van der Waals surface area contributed by atoms with E-state index >= 15 is 0 Å². The number of para-hydroxylation sites is 1. The number of alkyl halides is 2. The van der Waals surface area contributed by atoms with Gasteiger partial charge in [0.2, 0.25) is 0 Å². The third kappa shape index (κ3) is 3.85. The third-order valence-electron chi connectivity index (χ3n) is 5.31. The standard InChI is InChI=1S/C21H23F2N3O2/c22-19(23)20-24-16-9-4-3-8-15(16)21(25-20)26-11-5-1-2-7-14(26)13-17(27)18-10-6-12-28-18/h3-4,6,8-10,12,14,17,19,27H,1-2,5,7,11,13H2. The van der Waals surface area contributed by atoms with Crippen molar-refractivity contribution < 1.29 is 18.3 Å². The lowest BCUT2D eigenvalue weighted by Gasteiger charge is -2.33. The van der Waals surface area contributed by atoms with E-state index in [-0.39, 0.29) is 6.04 Å². The summed E-state index contributed by atoms with van der Waals surface area (Å²) in [5.41, 5.74) is 0.511. The molecule has 1 aliphatic rings. The number of hydrogen-bond donors (Lipinski definition) is 1. The van der Waals surface area contributed by atoms with E-state index in [1.807, 2.05) is 12.1 Å². The third-order valence-corrected chi connectivity index (χ3v) is 5.31. The molecule has 0 saturated carbocycles. The average Bonchev–Trinajstić information content (AvgIpc) is 3.15. The molecule has 4 rings (SSSR count). The monoisotopic (exact) mass is 387 g/mol. The van der Waals surface area contributed by atoms with E-state index in [4.69, 9.17) is 4.42 Å². The first-order chi connectivity index (χ1) is 13.6. The van der Waals surface area contributed by atoms with E-state index in [9.17, 15) is 13.9 Å². The number of benzene rings is 1. The van der Waals surface area contributed by atoms with Gasteiger partial charge in [0.25, 0.3) is 6.43 Å². The Morgan fingerprint density at radius 3 is 2.75 bits per heavy atom. The Morgan fingerprint density at radius 1 is 1.11 bits per heavy atom. The fourth-order valence-corrected chi connectivity index (χ4v) is 3.95. The minimum Gasteiger partial charge on any atom is -0.467 e. The van der Waals surface area contributed by atoms with Gasteiger partial charge in [-0.1, -0.05) is 25.0 Å². The normalized spacial score (nSPS) is 19.1. The second-order valence-electron chi connectivity index (χ2n) is 7.19. The average molecular weight is 387 g/mol. The first-order valence-corrected chi connectivity index (χ1v) is 9.66. The number of aromatic nitrogens is 2. The molecule has 0 aliphatic carbocycles. The molecule has 1 aromatic carbocycles. The number of aliphatic hydroxyl groups is 1. The number of nitrogens with zero attached hydrogens (tertiary/aromatic N) is 3. The number of hydrogen-bond acceptors (Lipinski definition) is 5. The second-order valence-corrected chi connectivity index (χ2v) is 7.19. The lowest BCUT2D eigenvalue weighted by molar-refractivity contribution is 0.129.